The summed E-state index contributed by atoms with van der Waals surface area (Å²) in [6, 6.07) is 0. The first-order valence-electron chi connectivity index (χ1n) is 8.60. The van der Waals surface area contributed by atoms with Crippen LogP contribution in [-0.4, -0.2) is 69.5 Å². The monoisotopic (exact) mass is 556 g/mol. The van der Waals surface area contributed by atoms with E-state index in [1.807, 2.05) is 0 Å². The van der Waals surface area contributed by atoms with E-state index in [-0.39, 0.29) is 19.4 Å². The number of carbonyl (C=O) groups excluding carboxylic acids is 2. The van der Waals surface area contributed by atoms with Crippen LogP contribution in [-0.2, 0) is 28.8 Å². The number of carbonyl (C=O) groups is 2. The van der Waals surface area contributed by atoms with Gasteiger partial charge in [0.05, 0.1) is 6.54 Å². The lowest BCUT2D eigenvalue weighted by Gasteiger charge is -2.42. The second-order valence-electron chi connectivity index (χ2n) is 6.98. The van der Waals surface area contributed by atoms with Gasteiger partial charge in [-0.3, -0.25) is 4.18 Å². The van der Waals surface area contributed by atoms with Gasteiger partial charge in [0.2, 0.25) is 0 Å². The Hall–Kier alpha value is -1.86. The minimum atomic E-state index is -6.91. The van der Waals surface area contributed by atoms with E-state index in [1.54, 1.807) is 5.32 Å². The molecule has 19 heteroatoms. The van der Waals surface area contributed by atoms with Gasteiger partial charge in [0.25, 0.3) is 0 Å². The fraction of sp³-hybridized carbons (Fsp3) is 0.733. The maximum atomic E-state index is 14.4. The smallest absolute Gasteiger partial charge is 0.408 e. The lowest BCUT2D eigenvalue weighted by atomic mass is 9.88. The highest BCUT2D eigenvalue weighted by atomic mass is 32.3. The molecule has 0 spiro atoms. The molecule has 9 nitrogen and oxygen atoms in total. The zero-order chi connectivity index (χ0) is 27.4. The standard InChI is InChI=1S/C15H20F8N2O7S2/c1-8(2)9(26)30-6-5-24-10(27)32-11(3,4)13(18,19)15(22,23)14(20,21)12(16,17)7-31-34(28,29)25-33/h25,33H,1,5-7H2,2-4H3,(H,24,27). The van der Waals surface area contributed by atoms with Crippen molar-refractivity contribution >= 4 is 35.2 Å². The van der Waals surface area contributed by atoms with Crippen molar-refractivity contribution in [3.8, 4) is 0 Å². The van der Waals surface area contributed by atoms with Gasteiger partial charge < -0.3 is 14.8 Å². The number of alkyl carbamates (subject to hydrolysis) is 1. The van der Waals surface area contributed by atoms with E-state index in [4.69, 9.17) is 0 Å². The molecule has 0 aromatic heterocycles. The van der Waals surface area contributed by atoms with Gasteiger partial charge in [-0.25, -0.2) is 9.59 Å². The van der Waals surface area contributed by atoms with Gasteiger partial charge in [-0.05, 0) is 20.8 Å². The molecule has 0 aromatic carbocycles. The average molecular weight is 556 g/mol. The summed E-state index contributed by atoms with van der Waals surface area (Å²) >= 11 is 2.88. The van der Waals surface area contributed by atoms with Gasteiger partial charge in [-0.15, -0.1) is 4.13 Å². The van der Waals surface area contributed by atoms with Gasteiger partial charge in [0.15, 0.2) is 5.60 Å². The Morgan fingerprint density at radius 3 is 1.91 bits per heavy atom. The molecular weight excluding hydrogens is 536 g/mol. The van der Waals surface area contributed by atoms with Crippen molar-refractivity contribution in [2.24, 2.45) is 0 Å². The molecule has 0 rings (SSSR count). The minimum absolute atomic E-state index is 0.0294. The summed E-state index contributed by atoms with van der Waals surface area (Å²) in [6.07, 6.45) is -1.88. The Kier molecular flexibility index (Phi) is 10.2. The molecule has 0 radical (unpaired) electrons. The Morgan fingerprint density at radius 1 is 0.971 bits per heavy atom. The maximum Gasteiger partial charge on any atom is 0.408 e. The summed E-state index contributed by atoms with van der Waals surface area (Å²) in [5.74, 6) is -27.0. The fourth-order valence-electron chi connectivity index (χ4n) is 1.83. The summed E-state index contributed by atoms with van der Waals surface area (Å²) in [4.78, 5) is 22.7. The Balaban J connectivity index is 5.54. The number of halogens is 8. The van der Waals surface area contributed by atoms with Crippen molar-refractivity contribution in [3.05, 3.63) is 12.2 Å². The second kappa shape index (κ2) is 10.8. The van der Waals surface area contributed by atoms with E-state index in [1.165, 1.54) is 6.92 Å². The number of hydrogen-bond donors (Lipinski definition) is 3. The molecule has 1 amide bonds. The predicted octanol–water partition coefficient (Wildman–Crippen LogP) is 2.85. The fourth-order valence-corrected chi connectivity index (χ4v) is 2.34. The van der Waals surface area contributed by atoms with E-state index in [0.29, 0.717) is 0 Å². The van der Waals surface area contributed by atoms with E-state index in [2.05, 4.69) is 33.1 Å². The van der Waals surface area contributed by atoms with E-state index < -0.39 is 71.4 Å². The van der Waals surface area contributed by atoms with Gasteiger partial charge >= 0.3 is 46.1 Å². The number of rotatable bonds is 13. The summed E-state index contributed by atoms with van der Waals surface area (Å²) in [6.45, 7) is 0.444. The van der Waals surface area contributed by atoms with Crippen molar-refractivity contribution in [3.63, 3.8) is 0 Å². The van der Waals surface area contributed by atoms with Gasteiger partial charge in [0, 0.05) is 5.57 Å². The van der Waals surface area contributed by atoms with Crippen LogP contribution >= 0.6 is 12.8 Å². The van der Waals surface area contributed by atoms with Crippen LogP contribution in [0.15, 0.2) is 12.2 Å². The van der Waals surface area contributed by atoms with Gasteiger partial charge in [-0.1, -0.05) is 19.4 Å². The highest BCUT2D eigenvalue weighted by molar-refractivity contribution is 7.97. The maximum absolute atomic E-state index is 14.4. The highest BCUT2D eigenvalue weighted by Crippen LogP contribution is 2.56. The van der Waals surface area contributed by atoms with E-state index in [0.717, 1.165) is 4.13 Å². The zero-order valence-corrected chi connectivity index (χ0v) is 19.3. The third-order valence-corrected chi connectivity index (χ3v) is 5.13. The molecule has 0 aliphatic rings. The number of nitrogens with one attached hydrogen (secondary N) is 2. The SMILES string of the molecule is C=C(C)C(=O)OCCNC(=O)OC(C)(C)C(F)(F)C(F)(F)C(F)(F)C(F)(F)COS(=O)(=O)NS. The molecule has 0 aliphatic carbocycles. The highest BCUT2D eigenvalue weighted by Gasteiger charge is 2.84. The van der Waals surface area contributed by atoms with Crippen LogP contribution in [0.4, 0.5) is 39.9 Å². The number of alkyl halides is 8. The number of thiol groups is 1. The Bertz CT molecular complexity index is 882. The van der Waals surface area contributed by atoms with Crippen LogP contribution in [0.25, 0.3) is 0 Å². The predicted molar refractivity (Wildman–Crippen MR) is 101 cm³/mol. The van der Waals surface area contributed by atoms with Crippen LogP contribution in [0.5, 0.6) is 0 Å². The largest absolute Gasteiger partial charge is 0.460 e. The molecule has 0 bridgehead atoms. The van der Waals surface area contributed by atoms with Crippen molar-refractivity contribution in [2.75, 3.05) is 19.8 Å². The summed E-state index contributed by atoms with van der Waals surface area (Å²) in [7, 11) is -5.20. The Labute approximate surface area is 194 Å². The third-order valence-electron chi connectivity index (χ3n) is 3.81. The molecule has 0 unspecified atom stereocenters. The topological polar surface area (TPSA) is 120 Å². The lowest BCUT2D eigenvalue weighted by Crippen LogP contribution is -2.69. The van der Waals surface area contributed by atoms with Gasteiger partial charge in [-0.2, -0.15) is 43.5 Å². The normalized spacial score (nSPS) is 13.9. The third kappa shape index (κ3) is 7.08. The molecule has 0 heterocycles. The Morgan fingerprint density at radius 2 is 1.47 bits per heavy atom. The first-order chi connectivity index (χ1) is 15.0. The molecule has 0 atom stereocenters. The number of amides is 1. The van der Waals surface area contributed by atoms with Crippen LogP contribution in [0.2, 0.25) is 0 Å². The summed E-state index contributed by atoms with van der Waals surface area (Å²) < 4.78 is 147. The van der Waals surface area contributed by atoms with Gasteiger partial charge in [0.1, 0.15) is 13.2 Å². The van der Waals surface area contributed by atoms with Crippen LogP contribution < -0.4 is 9.44 Å². The molecule has 2 N–H and O–H groups in total. The molecular formula is C15H20F8N2O7S2. The minimum Gasteiger partial charge on any atom is -0.460 e. The quantitative estimate of drug-likeness (QED) is 0.105. The van der Waals surface area contributed by atoms with Crippen molar-refractivity contribution < 1.29 is 66.8 Å². The van der Waals surface area contributed by atoms with E-state index in [9.17, 15) is 53.1 Å². The van der Waals surface area contributed by atoms with Crippen LogP contribution in [0.3, 0.4) is 0 Å². The summed E-state index contributed by atoms with van der Waals surface area (Å²) in [5.41, 5.74) is -3.86. The first-order valence-corrected chi connectivity index (χ1v) is 10.5. The average Bonchev–Trinajstić information content (AvgIpc) is 2.68. The molecule has 34 heavy (non-hydrogen) atoms. The van der Waals surface area contributed by atoms with E-state index >= 15 is 0 Å². The first kappa shape index (κ1) is 32.1. The molecule has 200 valence electrons. The van der Waals surface area contributed by atoms with Crippen LogP contribution in [0, 0.1) is 0 Å². The number of esters is 1. The van der Waals surface area contributed by atoms with Crippen molar-refractivity contribution in [1.29, 1.82) is 0 Å². The summed E-state index contributed by atoms with van der Waals surface area (Å²) in [5, 5.41) is 1.69. The zero-order valence-electron chi connectivity index (χ0n) is 17.6. The number of hydrogen-bond acceptors (Lipinski definition) is 8. The molecule has 0 saturated heterocycles. The molecule has 0 aromatic rings. The van der Waals surface area contributed by atoms with Crippen molar-refractivity contribution in [1.82, 2.24) is 9.44 Å². The van der Waals surface area contributed by atoms with Crippen molar-refractivity contribution in [2.45, 2.75) is 50.1 Å². The molecule has 0 aliphatic heterocycles. The number of ether oxygens (including phenoxy) is 2. The second-order valence-corrected chi connectivity index (χ2v) is 8.85. The lowest BCUT2D eigenvalue weighted by molar-refractivity contribution is -0.391. The molecule has 0 fully saturated rings. The van der Waals surface area contributed by atoms with Crippen LogP contribution in [0.1, 0.15) is 20.8 Å². The molecule has 0 saturated carbocycles.